The van der Waals surface area contributed by atoms with Crippen LogP contribution in [0.3, 0.4) is 0 Å². The first kappa shape index (κ1) is 26.4. The smallest absolute Gasteiger partial charge is 0.408 e. The van der Waals surface area contributed by atoms with Gasteiger partial charge in [-0.25, -0.2) is 4.79 Å². The molecule has 6 nitrogen and oxygen atoms in total. The van der Waals surface area contributed by atoms with Crippen molar-refractivity contribution in [2.75, 3.05) is 6.54 Å². The average molecular weight is 552 g/mol. The van der Waals surface area contributed by atoms with Crippen LogP contribution in [0.4, 0.5) is 4.79 Å². The quantitative estimate of drug-likeness (QED) is 0.288. The summed E-state index contributed by atoms with van der Waals surface area (Å²) in [6.45, 7) is 2.36. The van der Waals surface area contributed by atoms with E-state index in [2.05, 4.69) is 46.7 Å². The third-order valence-electron chi connectivity index (χ3n) is 10.8. The second-order valence-corrected chi connectivity index (χ2v) is 13.3. The van der Waals surface area contributed by atoms with Crippen molar-refractivity contribution < 1.29 is 14.7 Å². The fourth-order valence-electron chi connectivity index (χ4n) is 9.21. The number of carboxylic acid groups (broad SMARTS) is 1. The Bertz CT molecular complexity index is 1480. The Labute approximate surface area is 242 Å². The maximum absolute atomic E-state index is 14.4. The number of hydrogen-bond donors (Lipinski definition) is 3. The molecule has 1 atom stereocenters. The van der Waals surface area contributed by atoms with Crippen LogP contribution in [0.25, 0.3) is 16.5 Å². The molecule has 4 saturated carbocycles. The summed E-state index contributed by atoms with van der Waals surface area (Å²) in [5, 5.41) is 15.1. The fraction of sp³-hybridized carbons (Fsp3) is 0.486. The SMILES string of the molecule is CC(Cc1c[nH]c2ccccc12)(C(=O)NCCC1=CCCc2ccccc21)N(C(=O)O)C1C2CC3CC(C2)CC1C3. The molecule has 1 unspecified atom stereocenters. The molecule has 0 saturated heterocycles. The molecule has 8 rings (SSSR count). The van der Waals surface area contributed by atoms with Crippen molar-refractivity contribution >= 4 is 28.5 Å². The number of allylic oxidation sites excluding steroid dienone is 1. The van der Waals surface area contributed by atoms with Crippen LogP contribution in [0, 0.1) is 23.7 Å². The molecule has 5 aliphatic rings. The number of aromatic amines is 1. The van der Waals surface area contributed by atoms with E-state index >= 15 is 0 Å². The van der Waals surface area contributed by atoms with Gasteiger partial charge in [-0.3, -0.25) is 9.69 Å². The Morgan fingerprint density at radius 3 is 2.46 bits per heavy atom. The van der Waals surface area contributed by atoms with Gasteiger partial charge in [0, 0.05) is 36.1 Å². The van der Waals surface area contributed by atoms with E-state index in [9.17, 15) is 14.7 Å². The van der Waals surface area contributed by atoms with Gasteiger partial charge in [0.25, 0.3) is 0 Å². The topological polar surface area (TPSA) is 85.4 Å². The summed E-state index contributed by atoms with van der Waals surface area (Å²) in [6.07, 6.45) is 12.1. The van der Waals surface area contributed by atoms with Gasteiger partial charge in [0.1, 0.15) is 5.54 Å². The highest BCUT2D eigenvalue weighted by Crippen LogP contribution is 2.56. The van der Waals surface area contributed by atoms with Gasteiger partial charge in [-0.05, 0) is 110 Å². The van der Waals surface area contributed by atoms with E-state index in [0.29, 0.717) is 24.8 Å². The first-order valence-electron chi connectivity index (χ1n) is 15.5. The molecule has 6 heteroatoms. The summed E-state index contributed by atoms with van der Waals surface area (Å²) in [5.74, 6) is 1.96. The number of fused-ring (bicyclic) bond motifs is 2. The van der Waals surface area contributed by atoms with Crippen LogP contribution >= 0.6 is 0 Å². The summed E-state index contributed by atoms with van der Waals surface area (Å²) in [6, 6.07) is 16.5. The Morgan fingerprint density at radius 2 is 1.71 bits per heavy atom. The van der Waals surface area contributed by atoms with Crippen molar-refractivity contribution in [1.29, 1.82) is 0 Å². The Kier molecular flexibility index (Phi) is 6.67. The lowest BCUT2D eigenvalue weighted by Crippen LogP contribution is -2.68. The minimum atomic E-state index is -1.23. The van der Waals surface area contributed by atoms with Crippen molar-refractivity contribution in [3.8, 4) is 0 Å². The molecule has 214 valence electrons. The number of nitrogens with zero attached hydrogens (tertiary/aromatic N) is 1. The van der Waals surface area contributed by atoms with Gasteiger partial charge in [0.05, 0.1) is 0 Å². The van der Waals surface area contributed by atoms with Gasteiger partial charge >= 0.3 is 6.09 Å². The van der Waals surface area contributed by atoms with Crippen molar-refractivity contribution in [2.24, 2.45) is 23.7 Å². The molecule has 1 heterocycles. The van der Waals surface area contributed by atoms with Crippen molar-refractivity contribution in [2.45, 2.75) is 76.3 Å². The predicted octanol–water partition coefficient (Wildman–Crippen LogP) is 6.81. The number of nitrogens with one attached hydrogen (secondary N) is 2. The summed E-state index contributed by atoms with van der Waals surface area (Å²) in [5.41, 5.74) is 4.66. The molecular formula is C35H41N3O3. The Morgan fingerprint density at radius 1 is 1.00 bits per heavy atom. The van der Waals surface area contributed by atoms with E-state index in [0.717, 1.165) is 73.2 Å². The highest BCUT2D eigenvalue weighted by atomic mass is 16.4. The van der Waals surface area contributed by atoms with Crippen LogP contribution in [0.2, 0.25) is 0 Å². The first-order chi connectivity index (χ1) is 19.9. The molecular weight excluding hydrogens is 510 g/mol. The minimum Gasteiger partial charge on any atom is -0.465 e. The third-order valence-corrected chi connectivity index (χ3v) is 10.8. The van der Waals surface area contributed by atoms with Crippen LogP contribution in [0.5, 0.6) is 0 Å². The molecule has 41 heavy (non-hydrogen) atoms. The molecule has 4 fully saturated rings. The number of carbonyl (C=O) groups excluding carboxylic acids is 1. The van der Waals surface area contributed by atoms with Crippen LogP contribution in [0.1, 0.15) is 68.6 Å². The van der Waals surface area contributed by atoms with Crippen LogP contribution in [0.15, 0.2) is 60.8 Å². The summed E-state index contributed by atoms with van der Waals surface area (Å²) < 4.78 is 0. The second kappa shape index (κ2) is 10.4. The van der Waals surface area contributed by atoms with E-state index < -0.39 is 11.6 Å². The monoisotopic (exact) mass is 551 g/mol. The summed E-state index contributed by atoms with van der Waals surface area (Å²) >= 11 is 0. The van der Waals surface area contributed by atoms with Gasteiger partial charge < -0.3 is 15.4 Å². The number of aromatic nitrogens is 1. The van der Waals surface area contributed by atoms with Gasteiger partial charge in [-0.1, -0.05) is 48.5 Å². The molecule has 2 amide bonds. The molecule has 0 radical (unpaired) electrons. The number of aryl methyl sites for hydroxylation is 1. The fourth-order valence-corrected chi connectivity index (χ4v) is 9.21. The number of benzene rings is 2. The number of amides is 2. The zero-order valence-corrected chi connectivity index (χ0v) is 23.9. The van der Waals surface area contributed by atoms with Crippen LogP contribution in [-0.2, 0) is 17.6 Å². The molecule has 3 aromatic rings. The van der Waals surface area contributed by atoms with Crippen molar-refractivity contribution in [1.82, 2.24) is 15.2 Å². The number of H-pyrrole nitrogens is 1. The Hall–Kier alpha value is -3.54. The lowest BCUT2D eigenvalue weighted by atomic mass is 9.53. The highest BCUT2D eigenvalue weighted by Gasteiger charge is 2.56. The molecule has 0 spiro atoms. The second-order valence-electron chi connectivity index (χ2n) is 13.3. The predicted molar refractivity (Wildman–Crippen MR) is 161 cm³/mol. The van der Waals surface area contributed by atoms with Crippen molar-refractivity contribution in [3.05, 3.63) is 77.5 Å². The molecule has 2 aromatic carbocycles. The van der Waals surface area contributed by atoms with Crippen molar-refractivity contribution in [3.63, 3.8) is 0 Å². The molecule has 3 N–H and O–H groups in total. The van der Waals surface area contributed by atoms with E-state index in [1.165, 1.54) is 23.1 Å². The number of rotatable bonds is 8. The Balaban J connectivity index is 1.19. The molecule has 4 bridgehead atoms. The van der Waals surface area contributed by atoms with Gasteiger partial charge in [-0.2, -0.15) is 0 Å². The zero-order valence-electron chi connectivity index (χ0n) is 23.9. The maximum Gasteiger partial charge on any atom is 0.408 e. The maximum atomic E-state index is 14.4. The van der Waals surface area contributed by atoms with Gasteiger partial charge in [-0.15, -0.1) is 0 Å². The largest absolute Gasteiger partial charge is 0.465 e. The highest BCUT2D eigenvalue weighted by molar-refractivity contribution is 5.91. The minimum absolute atomic E-state index is 0.103. The first-order valence-corrected chi connectivity index (χ1v) is 15.5. The average Bonchev–Trinajstić information content (AvgIpc) is 3.36. The normalized spacial score (nSPS) is 27.6. The van der Waals surface area contributed by atoms with Crippen LogP contribution < -0.4 is 5.32 Å². The summed E-state index contributed by atoms with van der Waals surface area (Å²) in [4.78, 5) is 32.6. The van der Waals surface area contributed by atoms with E-state index in [4.69, 9.17) is 0 Å². The van der Waals surface area contributed by atoms with Gasteiger partial charge in [0.15, 0.2) is 0 Å². The third kappa shape index (κ3) is 4.65. The number of para-hydroxylation sites is 1. The van der Waals surface area contributed by atoms with E-state index in [-0.39, 0.29) is 11.9 Å². The van der Waals surface area contributed by atoms with Crippen LogP contribution in [-0.4, -0.2) is 45.1 Å². The standard InChI is InChI=1S/C35H41N3O3/c1-35(20-28-21-37-31-12-5-4-11-30(28)31,33(39)36-14-13-25-9-6-8-24-7-2-3-10-29(24)25)38(34(40)41)32-26-16-22-15-23(18-26)19-27(32)17-22/h2-5,7,9-12,21-23,26-27,32,37H,6,8,13-20H2,1H3,(H,36,39)(H,40,41). The zero-order chi connectivity index (χ0) is 28.1. The lowest BCUT2D eigenvalue weighted by Gasteiger charge is -2.59. The number of carbonyl (C=O) groups is 2. The molecule has 1 aromatic heterocycles. The lowest BCUT2D eigenvalue weighted by molar-refractivity contribution is -0.140. The molecule has 0 aliphatic heterocycles. The number of hydrogen-bond acceptors (Lipinski definition) is 2. The van der Waals surface area contributed by atoms with E-state index in [1.54, 1.807) is 4.90 Å². The summed E-state index contributed by atoms with van der Waals surface area (Å²) in [7, 11) is 0. The van der Waals surface area contributed by atoms with E-state index in [1.807, 2.05) is 31.3 Å². The van der Waals surface area contributed by atoms with Gasteiger partial charge in [0.2, 0.25) is 5.91 Å². The molecule has 5 aliphatic carbocycles.